The smallest absolute Gasteiger partial charge is 0.259 e. The zero-order valence-electron chi connectivity index (χ0n) is 20.5. The highest BCUT2D eigenvalue weighted by molar-refractivity contribution is 5.98. The zero-order chi connectivity index (χ0) is 25.8. The van der Waals surface area contributed by atoms with E-state index in [4.69, 9.17) is 0 Å². The minimum Gasteiger partial charge on any atom is -0.338 e. The maximum Gasteiger partial charge on any atom is 0.259 e. The average molecular weight is 497 g/mol. The van der Waals surface area contributed by atoms with Crippen LogP contribution in [0.2, 0.25) is 0 Å². The van der Waals surface area contributed by atoms with Gasteiger partial charge >= 0.3 is 0 Å². The van der Waals surface area contributed by atoms with E-state index >= 15 is 0 Å². The Morgan fingerprint density at radius 2 is 1.57 bits per heavy atom. The first kappa shape index (κ1) is 24.1. The molecular weight excluding hydrogens is 468 g/mol. The summed E-state index contributed by atoms with van der Waals surface area (Å²) < 4.78 is 3.64. The molecule has 2 aromatic carbocycles. The molecule has 1 saturated heterocycles. The van der Waals surface area contributed by atoms with Gasteiger partial charge in [-0.15, -0.1) is 0 Å². The van der Waals surface area contributed by atoms with Gasteiger partial charge in [0.1, 0.15) is 5.56 Å². The number of para-hydroxylation sites is 1. The number of carbonyl (C=O) groups excluding carboxylic acids is 3. The molecule has 2 N–H and O–H groups in total. The van der Waals surface area contributed by atoms with E-state index in [9.17, 15) is 14.4 Å². The molecule has 3 heterocycles. The van der Waals surface area contributed by atoms with Crippen molar-refractivity contribution in [1.29, 1.82) is 0 Å². The first-order chi connectivity index (χ1) is 18.0. The number of hydrogen-bond acceptors (Lipinski definition) is 4. The first-order valence-electron chi connectivity index (χ1n) is 12.2. The Morgan fingerprint density at radius 3 is 2.24 bits per heavy atom. The number of rotatable bonds is 6. The number of anilines is 2. The Kier molecular flexibility index (Phi) is 6.85. The van der Waals surface area contributed by atoms with Crippen molar-refractivity contribution in [3.05, 3.63) is 90.9 Å². The normalized spacial score (nSPS) is 15.3. The van der Waals surface area contributed by atoms with Crippen LogP contribution < -0.4 is 10.6 Å². The first-order valence-corrected chi connectivity index (χ1v) is 12.2. The van der Waals surface area contributed by atoms with Crippen LogP contribution in [0.5, 0.6) is 0 Å². The second-order valence-electron chi connectivity index (χ2n) is 9.06. The van der Waals surface area contributed by atoms with Gasteiger partial charge in [0.2, 0.25) is 11.8 Å². The lowest BCUT2D eigenvalue weighted by molar-refractivity contribution is -0.121. The maximum absolute atomic E-state index is 13.7. The van der Waals surface area contributed by atoms with E-state index in [0.29, 0.717) is 42.3 Å². The van der Waals surface area contributed by atoms with Gasteiger partial charge in [-0.05, 0) is 61.4 Å². The number of aromatic nitrogens is 3. The average Bonchev–Trinajstić information content (AvgIpc) is 3.60. The van der Waals surface area contributed by atoms with Crippen molar-refractivity contribution in [3.8, 4) is 11.5 Å². The minimum atomic E-state index is -0.327. The quantitative estimate of drug-likeness (QED) is 0.419. The summed E-state index contributed by atoms with van der Waals surface area (Å²) in [5, 5.41) is 10.2. The molecule has 0 aliphatic carbocycles. The van der Waals surface area contributed by atoms with Gasteiger partial charge < -0.3 is 20.1 Å². The van der Waals surface area contributed by atoms with E-state index in [2.05, 4.69) is 15.7 Å². The predicted molar refractivity (Wildman–Crippen MR) is 141 cm³/mol. The molecule has 4 aromatic rings. The van der Waals surface area contributed by atoms with Gasteiger partial charge in [0, 0.05) is 43.8 Å². The van der Waals surface area contributed by atoms with Crippen molar-refractivity contribution in [2.45, 2.75) is 19.8 Å². The third-order valence-electron chi connectivity index (χ3n) is 6.38. The number of carbonyl (C=O) groups is 3. The van der Waals surface area contributed by atoms with E-state index in [-0.39, 0.29) is 23.6 Å². The van der Waals surface area contributed by atoms with Crippen molar-refractivity contribution in [3.63, 3.8) is 0 Å². The molecule has 3 amide bonds. The number of amides is 3. The number of nitrogens with zero attached hydrogens (tertiary/aromatic N) is 4. The monoisotopic (exact) mass is 496 g/mol. The predicted octanol–water partition coefficient (Wildman–Crippen LogP) is 4.11. The van der Waals surface area contributed by atoms with Gasteiger partial charge in [-0.3, -0.25) is 14.4 Å². The van der Waals surface area contributed by atoms with Crippen LogP contribution in [0.15, 0.2) is 85.3 Å². The Balaban J connectivity index is 1.33. The summed E-state index contributed by atoms with van der Waals surface area (Å²) >= 11 is 0. The van der Waals surface area contributed by atoms with Crippen LogP contribution in [0.1, 0.15) is 30.1 Å². The maximum atomic E-state index is 13.7. The molecule has 0 radical (unpaired) electrons. The van der Waals surface area contributed by atoms with Crippen LogP contribution in [-0.2, 0) is 9.59 Å². The summed E-state index contributed by atoms with van der Waals surface area (Å²) in [6.07, 6.45) is 6.81. The molecule has 9 heteroatoms. The van der Waals surface area contributed by atoms with Gasteiger partial charge in [-0.2, -0.15) is 5.10 Å². The summed E-state index contributed by atoms with van der Waals surface area (Å²) in [4.78, 5) is 39.7. The van der Waals surface area contributed by atoms with Crippen LogP contribution in [-0.4, -0.2) is 50.1 Å². The lowest BCUT2D eigenvalue weighted by Crippen LogP contribution is -2.44. The Labute approximate surface area is 214 Å². The van der Waals surface area contributed by atoms with Gasteiger partial charge in [-0.1, -0.05) is 18.2 Å². The van der Waals surface area contributed by atoms with Crippen molar-refractivity contribution >= 4 is 29.1 Å². The van der Waals surface area contributed by atoms with Gasteiger partial charge in [0.25, 0.3) is 5.91 Å². The van der Waals surface area contributed by atoms with E-state index in [1.54, 1.807) is 40.0 Å². The molecule has 2 aromatic heterocycles. The number of piperidine rings is 1. The van der Waals surface area contributed by atoms with E-state index in [1.165, 1.54) is 6.92 Å². The lowest BCUT2D eigenvalue weighted by Gasteiger charge is -2.32. The minimum absolute atomic E-state index is 0.129. The van der Waals surface area contributed by atoms with Crippen molar-refractivity contribution in [1.82, 2.24) is 19.2 Å². The molecular formula is C28H28N6O3. The number of nitrogens with one attached hydrogen (secondary N) is 2. The van der Waals surface area contributed by atoms with Gasteiger partial charge in [0.05, 0.1) is 17.8 Å². The van der Waals surface area contributed by atoms with Crippen LogP contribution in [0, 0.1) is 5.92 Å². The van der Waals surface area contributed by atoms with Crippen LogP contribution in [0.25, 0.3) is 11.5 Å². The molecule has 1 aliphatic heterocycles. The highest BCUT2D eigenvalue weighted by atomic mass is 16.2. The van der Waals surface area contributed by atoms with Gasteiger partial charge in [-0.25, -0.2) is 4.68 Å². The van der Waals surface area contributed by atoms with E-state index in [0.717, 1.165) is 12.1 Å². The summed E-state index contributed by atoms with van der Waals surface area (Å²) in [5.41, 5.74) is 2.64. The molecule has 0 unspecified atom stereocenters. The third kappa shape index (κ3) is 5.30. The van der Waals surface area contributed by atoms with Crippen molar-refractivity contribution in [2.24, 2.45) is 5.92 Å². The lowest BCUT2D eigenvalue weighted by atomic mass is 9.96. The second-order valence-corrected chi connectivity index (χ2v) is 9.06. The number of likely N-dealkylation sites (tertiary alicyclic amines) is 1. The molecule has 5 rings (SSSR count). The molecule has 9 nitrogen and oxygen atoms in total. The molecule has 188 valence electrons. The van der Waals surface area contributed by atoms with Gasteiger partial charge in [0.15, 0.2) is 5.82 Å². The molecule has 1 atom stereocenters. The fourth-order valence-electron chi connectivity index (χ4n) is 4.61. The highest BCUT2D eigenvalue weighted by Gasteiger charge is 2.31. The largest absolute Gasteiger partial charge is 0.338 e. The molecule has 37 heavy (non-hydrogen) atoms. The van der Waals surface area contributed by atoms with Crippen LogP contribution >= 0.6 is 0 Å². The third-order valence-corrected chi connectivity index (χ3v) is 6.38. The Hall–Kier alpha value is -4.66. The number of benzene rings is 2. The molecule has 0 spiro atoms. The molecule has 0 bridgehead atoms. The van der Waals surface area contributed by atoms with E-state index < -0.39 is 0 Å². The summed E-state index contributed by atoms with van der Waals surface area (Å²) in [5.74, 6) is -0.102. The van der Waals surface area contributed by atoms with Crippen molar-refractivity contribution in [2.75, 3.05) is 23.7 Å². The Morgan fingerprint density at radius 1 is 0.892 bits per heavy atom. The standard InChI is InChI=1S/C28H28N6O3/c1-20(35)30-22-11-13-23(14-12-22)31-26(36)21-8-7-17-33(19-21)28(37)25-18-29-34(24-9-3-2-4-10-24)27(25)32-15-5-6-16-32/h2-6,9-16,18,21H,7-8,17,19H2,1H3,(H,30,35)(H,31,36)/t21-/m0/s1. The molecule has 0 saturated carbocycles. The highest BCUT2D eigenvalue weighted by Crippen LogP contribution is 2.25. The topological polar surface area (TPSA) is 101 Å². The SMILES string of the molecule is CC(=O)Nc1ccc(NC(=O)[C@H]2CCCN(C(=O)c3cnn(-c4ccccc4)c3-n3cccc3)C2)cc1. The summed E-state index contributed by atoms with van der Waals surface area (Å²) in [7, 11) is 0. The van der Waals surface area contributed by atoms with Crippen molar-refractivity contribution < 1.29 is 14.4 Å². The van der Waals surface area contributed by atoms with E-state index in [1.807, 2.05) is 59.4 Å². The van der Waals surface area contributed by atoms with Crippen LogP contribution in [0.4, 0.5) is 11.4 Å². The summed E-state index contributed by atoms with van der Waals surface area (Å²) in [6.45, 7) is 2.35. The Bertz CT molecular complexity index is 1390. The number of hydrogen-bond donors (Lipinski definition) is 2. The molecule has 1 aliphatic rings. The van der Waals surface area contributed by atoms with Crippen LogP contribution in [0.3, 0.4) is 0 Å². The fourth-order valence-corrected chi connectivity index (χ4v) is 4.61. The summed E-state index contributed by atoms with van der Waals surface area (Å²) in [6, 6.07) is 20.5. The molecule has 1 fully saturated rings. The fraction of sp³-hybridized carbons (Fsp3) is 0.214. The second kappa shape index (κ2) is 10.5. The zero-order valence-corrected chi connectivity index (χ0v) is 20.5.